The summed E-state index contributed by atoms with van der Waals surface area (Å²) in [5.41, 5.74) is 0.714. The Morgan fingerprint density at radius 1 is 1.46 bits per heavy atom. The topological polar surface area (TPSA) is 34.1 Å². The van der Waals surface area contributed by atoms with Gasteiger partial charge in [-0.3, -0.25) is 9.59 Å². The van der Waals surface area contributed by atoms with Gasteiger partial charge in [-0.2, -0.15) is 0 Å². The highest BCUT2D eigenvalue weighted by atomic mass is 16.1. The number of carbonyl (C=O) groups excluding carboxylic acids is 2. The van der Waals surface area contributed by atoms with Crippen molar-refractivity contribution in [2.45, 2.75) is 33.1 Å². The SMILES string of the molecule is CC1=C[C@@H]2C(=O)CC[C@]2(C)CC1=O. The molecule has 1 saturated carbocycles. The summed E-state index contributed by atoms with van der Waals surface area (Å²) < 4.78 is 0. The molecule has 0 saturated heterocycles. The first-order valence-electron chi connectivity index (χ1n) is 4.77. The molecule has 0 aliphatic heterocycles. The predicted octanol–water partition coefficient (Wildman–Crippen LogP) is 1.89. The average Bonchev–Trinajstić information content (AvgIpc) is 2.32. The van der Waals surface area contributed by atoms with Crippen LogP contribution in [0.2, 0.25) is 0 Å². The Bertz CT molecular complexity index is 314. The molecule has 2 heteroatoms. The number of Topliss-reactive ketones (excluding diaryl/α,β-unsaturated/α-hetero) is 2. The fraction of sp³-hybridized carbons (Fsp3) is 0.636. The van der Waals surface area contributed by atoms with E-state index in [1.165, 1.54) is 0 Å². The summed E-state index contributed by atoms with van der Waals surface area (Å²) in [7, 11) is 0. The van der Waals surface area contributed by atoms with Gasteiger partial charge in [0.25, 0.3) is 0 Å². The molecule has 2 aliphatic rings. The van der Waals surface area contributed by atoms with Crippen LogP contribution in [0.25, 0.3) is 0 Å². The minimum atomic E-state index is -0.0618. The normalized spacial score (nSPS) is 38.9. The van der Waals surface area contributed by atoms with Gasteiger partial charge in [-0.25, -0.2) is 0 Å². The van der Waals surface area contributed by atoms with E-state index in [4.69, 9.17) is 0 Å². The second-order valence-corrected chi connectivity index (χ2v) is 4.55. The molecule has 13 heavy (non-hydrogen) atoms. The third-order valence-electron chi connectivity index (χ3n) is 3.46. The van der Waals surface area contributed by atoms with E-state index < -0.39 is 0 Å². The van der Waals surface area contributed by atoms with Crippen molar-refractivity contribution in [1.82, 2.24) is 0 Å². The maximum atomic E-state index is 11.5. The zero-order chi connectivity index (χ0) is 9.64. The molecule has 1 fully saturated rings. The van der Waals surface area contributed by atoms with Crippen molar-refractivity contribution in [3.8, 4) is 0 Å². The van der Waals surface area contributed by atoms with Crippen LogP contribution in [0.5, 0.6) is 0 Å². The van der Waals surface area contributed by atoms with E-state index in [9.17, 15) is 9.59 Å². The van der Waals surface area contributed by atoms with Gasteiger partial charge in [0.05, 0.1) is 0 Å². The summed E-state index contributed by atoms with van der Waals surface area (Å²) in [5, 5.41) is 0. The lowest BCUT2D eigenvalue weighted by molar-refractivity contribution is -0.122. The number of ketones is 2. The molecule has 0 radical (unpaired) electrons. The van der Waals surface area contributed by atoms with Crippen LogP contribution in [0, 0.1) is 11.3 Å². The van der Waals surface area contributed by atoms with Crippen molar-refractivity contribution < 1.29 is 9.59 Å². The third-order valence-corrected chi connectivity index (χ3v) is 3.46. The van der Waals surface area contributed by atoms with Crippen molar-refractivity contribution in [3.05, 3.63) is 11.6 Å². The summed E-state index contributed by atoms with van der Waals surface area (Å²) in [4.78, 5) is 23.0. The van der Waals surface area contributed by atoms with Crippen LogP contribution in [0.3, 0.4) is 0 Å². The highest BCUT2D eigenvalue weighted by Crippen LogP contribution is 2.47. The fourth-order valence-corrected chi connectivity index (χ4v) is 2.45. The maximum Gasteiger partial charge on any atom is 0.158 e. The van der Waals surface area contributed by atoms with E-state index in [0.717, 1.165) is 12.0 Å². The van der Waals surface area contributed by atoms with Gasteiger partial charge in [-0.05, 0) is 24.3 Å². The lowest BCUT2D eigenvalue weighted by Gasteiger charge is -2.31. The Balaban J connectivity index is 2.42. The van der Waals surface area contributed by atoms with Gasteiger partial charge < -0.3 is 0 Å². The Kier molecular flexibility index (Phi) is 1.69. The third kappa shape index (κ3) is 1.16. The lowest BCUT2D eigenvalue weighted by Crippen LogP contribution is -2.31. The molecule has 2 nitrogen and oxygen atoms in total. The first kappa shape index (κ1) is 8.67. The average molecular weight is 178 g/mol. The molecule has 0 unspecified atom stereocenters. The van der Waals surface area contributed by atoms with Crippen molar-refractivity contribution in [3.63, 3.8) is 0 Å². The van der Waals surface area contributed by atoms with E-state index in [0.29, 0.717) is 18.6 Å². The van der Waals surface area contributed by atoms with Gasteiger partial charge in [-0.1, -0.05) is 13.0 Å². The van der Waals surface area contributed by atoms with E-state index >= 15 is 0 Å². The summed E-state index contributed by atoms with van der Waals surface area (Å²) in [6.45, 7) is 3.87. The molecular formula is C11H14O2. The summed E-state index contributed by atoms with van der Waals surface area (Å²) in [5.74, 6) is 0.549. The van der Waals surface area contributed by atoms with Crippen molar-refractivity contribution in [2.24, 2.45) is 11.3 Å². The Morgan fingerprint density at radius 3 is 2.85 bits per heavy atom. The standard InChI is InChI=1S/C11H14O2/c1-7-5-8-9(12)3-4-11(8,2)6-10(7)13/h5,8H,3-4,6H2,1-2H3/t8-,11-/m1/s1. The second kappa shape index (κ2) is 2.53. The second-order valence-electron chi connectivity index (χ2n) is 4.55. The number of fused-ring (bicyclic) bond motifs is 1. The van der Waals surface area contributed by atoms with Gasteiger partial charge in [0.2, 0.25) is 0 Å². The van der Waals surface area contributed by atoms with Gasteiger partial charge in [-0.15, -0.1) is 0 Å². The number of rotatable bonds is 0. The van der Waals surface area contributed by atoms with Crippen LogP contribution in [-0.2, 0) is 9.59 Å². The molecule has 2 atom stereocenters. The summed E-state index contributed by atoms with van der Waals surface area (Å²) in [6.07, 6.45) is 3.97. The zero-order valence-corrected chi connectivity index (χ0v) is 8.09. The molecular weight excluding hydrogens is 164 g/mol. The highest BCUT2D eigenvalue weighted by molar-refractivity contribution is 6.00. The molecule has 0 heterocycles. The monoisotopic (exact) mass is 178 g/mol. The van der Waals surface area contributed by atoms with E-state index in [2.05, 4.69) is 6.92 Å². The number of hydrogen-bond donors (Lipinski definition) is 0. The molecule has 2 aliphatic carbocycles. The zero-order valence-electron chi connectivity index (χ0n) is 8.09. The molecule has 0 spiro atoms. The van der Waals surface area contributed by atoms with Gasteiger partial charge in [0.15, 0.2) is 5.78 Å². The van der Waals surface area contributed by atoms with Gasteiger partial charge in [0.1, 0.15) is 5.78 Å². The first-order chi connectivity index (χ1) is 6.03. The molecule has 0 aromatic heterocycles. The summed E-state index contributed by atoms with van der Waals surface area (Å²) in [6, 6.07) is 0. The molecule has 2 rings (SSSR count). The smallest absolute Gasteiger partial charge is 0.158 e. The molecule has 0 bridgehead atoms. The Morgan fingerprint density at radius 2 is 2.15 bits per heavy atom. The summed E-state index contributed by atoms with van der Waals surface area (Å²) >= 11 is 0. The van der Waals surface area contributed by atoms with Gasteiger partial charge in [0, 0.05) is 18.8 Å². The maximum absolute atomic E-state index is 11.5. The lowest BCUT2D eigenvalue weighted by atomic mass is 9.70. The van der Waals surface area contributed by atoms with Crippen LogP contribution < -0.4 is 0 Å². The Labute approximate surface area is 78.0 Å². The van der Waals surface area contributed by atoms with E-state index in [1.54, 1.807) is 0 Å². The van der Waals surface area contributed by atoms with Crippen LogP contribution in [0.4, 0.5) is 0 Å². The minimum Gasteiger partial charge on any atom is -0.299 e. The number of hydrogen-bond acceptors (Lipinski definition) is 2. The number of carbonyl (C=O) groups is 2. The predicted molar refractivity (Wildman–Crippen MR) is 49.2 cm³/mol. The van der Waals surface area contributed by atoms with Crippen molar-refractivity contribution in [2.75, 3.05) is 0 Å². The van der Waals surface area contributed by atoms with Crippen LogP contribution in [0.15, 0.2) is 11.6 Å². The van der Waals surface area contributed by atoms with Crippen molar-refractivity contribution in [1.29, 1.82) is 0 Å². The number of allylic oxidation sites excluding steroid dienone is 2. The molecule has 0 N–H and O–H groups in total. The minimum absolute atomic E-state index is 0.0187. The molecule has 0 aromatic rings. The van der Waals surface area contributed by atoms with E-state index in [1.807, 2.05) is 13.0 Å². The van der Waals surface area contributed by atoms with Crippen LogP contribution in [0.1, 0.15) is 33.1 Å². The molecule has 0 amide bonds. The quantitative estimate of drug-likeness (QED) is 0.567. The fourth-order valence-electron chi connectivity index (χ4n) is 2.45. The molecule has 0 aromatic carbocycles. The van der Waals surface area contributed by atoms with Crippen LogP contribution in [-0.4, -0.2) is 11.6 Å². The largest absolute Gasteiger partial charge is 0.299 e. The van der Waals surface area contributed by atoms with Gasteiger partial charge >= 0.3 is 0 Å². The highest BCUT2D eigenvalue weighted by Gasteiger charge is 2.46. The van der Waals surface area contributed by atoms with Crippen molar-refractivity contribution >= 4 is 11.6 Å². The molecule has 70 valence electrons. The van der Waals surface area contributed by atoms with Crippen LogP contribution >= 0.6 is 0 Å². The Hall–Kier alpha value is -0.920. The van der Waals surface area contributed by atoms with E-state index in [-0.39, 0.29) is 17.1 Å². The first-order valence-corrected chi connectivity index (χ1v) is 4.77.